The molecule has 128 valence electrons. The minimum atomic E-state index is -0.187. The molecule has 5 aliphatic carbocycles. The molecule has 0 aromatic carbocycles. The van der Waals surface area contributed by atoms with Crippen molar-refractivity contribution >= 4 is 11.3 Å². The number of hydrogen-bond donors (Lipinski definition) is 1. The maximum Gasteiger partial charge on any atom is 0.175 e. The van der Waals surface area contributed by atoms with Crippen molar-refractivity contribution in [3.05, 3.63) is 10.0 Å². The fourth-order valence-corrected chi connectivity index (χ4v) is 9.09. The van der Waals surface area contributed by atoms with Crippen molar-refractivity contribution in [2.75, 3.05) is 13.2 Å². The normalized spacial score (nSPS) is 55.0. The Morgan fingerprint density at radius 1 is 1.08 bits per heavy atom. The van der Waals surface area contributed by atoms with Gasteiger partial charge in [-0.3, -0.25) is 0 Å². The maximum atomic E-state index is 6.33. The number of fused-ring (bicyclic) bond motifs is 4. The lowest BCUT2D eigenvalue weighted by molar-refractivity contribution is -0.264. The molecular weight excluding hydrogens is 322 g/mol. The van der Waals surface area contributed by atoms with Crippen LogP contribution in [-0.4, -0.2) is 35.2 Å². The van der Waals surface area contributed by atoms with Gasteiger partial charge < -0.3 is 14.8 Å². The van der Waals surface area contributed by atoms with E-state index in [1.165, 1.54) is 6.42 Å². The van der Waals surface area contributed by atoms with Gasteiger partial charge in [0.1, 0.15) is 10.0 Å². The predicted octanol–water partition coefficient (Wildman–Crippen LogP) is 2.00. The van der Waals surface area contributed by atoms with Crippen molar-refractivity contribution in [2.24, 2.45) is 47.3 Å². The molecule has 1 saturated heterocycles. The van der Waals surface area contributed by atoms with Gasteiger partial charge in [0.25, 0.3) is 0 Å². The van der Waals surface area contributed by atoms with Crippen LogP contribution in [0, 0.1) is 54.3 Å². The van der Waals surface area contributed by atoms with Crippen LogP contribution in [0.5, 0.6) is 0 Å². The molecule has 2 heterocycles. The zero-order chi connectivity index (χ0) is 15.8. The van der Waals surface area contributed by atoms with E-state index < -0.39 is 0 Å². The second kappa shape index (κ2) is 4.05. The summed E-state index contributed by atoms with van der Waals surface area (Å²) >= 11 is 1.73. The molecule has 5 saturated carbocycles. The van der Waals surface area contributed by atoms with Crippen LogP contribution in [0.25, 0.3) is 0 Å². The Morgan fingerprint density at radius 3 is 2.67 bits per heavy atom. The van der Waals surface area contributed by atoms with Gasteiger partial charge in [-0.05, 0) is 55.8 Å². The lowest BCUT2D eigenvalue weighted by atomic mass is 9.57. The van der Waals surface area contributed by atoms with Gasteiger partial charge in [0, 0.05) is 17.9 Å². The van der Waals surface area contributed by atoms with Gasteiger partial charge in [-0.25, -0.2) is 0 Å². The Balaban J connectivity index is 1.25. The van der Waals surface area contributed by atoms with Crippen LogP contribution in [-0.2, 0) is 9.47 Å². The highest BCUT2D eigenvalue weighted by Crippen LogP contribution is 2.86. The largest absolute Gasteiger partial charge is 0.347 e. The van der Waals surface area contributed by atoms with Crippen molar-refractivity contribution in [1.82, 2.24) is 15.5 Å². The topological polar surface area (TPSA) is 56.3 Å². The number of nitrogens with zero attached hydrogens (tertiary/aromatic N) is 2. The summed E-state index contributed by atoms with van der Waals surface area (Å²) in [6.07, 6.45) is 1.44. The molecule has 24 heavy (non-hydrogen) atoms. The second-order valence-corrected chi connectivity index (χ2v) is 10.1. The summed E-state index contributed by atoms with van der Waals surface area (Å²) in [5, 5.41) is 14.8. The van der Waals surface area contributed by atoms with E-state index in [0.29, 0.717) is 23.9 Å². The average Bonchev–Trinajstić information content (AvgIpc) is 3.27. The van der Waals surface area contributed by atoms with Crippen LogP contribution >= 0.6 is 11.3 Å². The molecule has 6 fully saturated rings. The van der Waals surface area contributed by atoms with Gasteiger partial charge in [0.05, 0.1) is 19.3 Å². The summed E-state index contributed by atoms with van der Waals surface area (Å²) in [6.45, 7) is 5.90. The Labute approximate surface area is 145 Å². The van der Waals surface area contributed by atoms with Crippen molar-refractivity contribution < 1.29 is 9.47 Å². The maximum absolute atomic E-state index is 6.33. The molecule has 1 aliphatic heterocycles. The summed E-state index contributed by atoms with van der Waals surface area (Å²) in [5.41, 5.74) is 0. The minimum Gasteiger partial charge on any atom is -0.347 e. The van der Waals surface area contributed by atoms with Gasteiger partial charge in [-0.2, -0.15) is 0 Å². The molecule has 7 rings (SSSR count). The molecule has 1 spiro atoms. The zero-order valence-corrected chi connectivity index (χ0v) is 14.8. The number of hydrogen-bond acceptors (Lipinski definition) is 6. The molecule has 1 aromatic heterocycles. The summed E-state index contributed by atoms with van der Waals surface area (Å²) in [7, 11) is 0. The van der Waals surface area contributed by atoms with Gasteiger partial charge in [-0.15, -0.1) is 21.5 Å². The smallest absolute Gasteiger partial charge is 0.175 e. The highest BCUT2D eigenvalue weighted by atomic mass is 32.1. The van der Waals surface area contributed by atoms with Gasteiger partial charge >= 0.3 is 0 Å². The molecule has 1 aromatic rings. The van der Waals surface area contributed by atoms with E-state index in [0.717, 1.165) is 58.7 Å². The number of nitrogens with one attached hydrogen (secondary N) is 1. The Kier molecular flexibility index (Phi) is 2.30. The lowest BCUT2D eigenvalue weighted by Gasteiger charge is -2.54. The molecule has 0 amide bonds. The van der Waals surface area contributed by atoms with Crippen molar-refractivity contribution in [2.45, 2.75) is 38.1 Å². The Morgan fingerprint density at radius 2 is 1.92 bits per heavy atom. The van der Waals surface area contributed by atoms with Crippen LogP contribution in [0.15, 0.2) is 0 Å². The Hall–Kier alpha value is -0.560. The molecule has 1 N–H and O–H groups in total. The number of ether oxygens (including phenoxy) is 2. The molecule has 10 unspecified atom stereocenters. The van der Waals surface area contributed by atoms with Gasteiger partial charge in [-0.1, -0.05) is 0 Å². The molecule has 2 bridgehead atoms. The average molecular weight is 345 g/mol. The van der Waals surface area contributed by atoms with E-state index in [9.17, 15) is 0 Å². The first-order chi connectivity index (χ1) is 11.7. The van der Waals surface area contributed by atoms with Crippen LogP contribution in [0.2, 0.25) is 0 Å². The number of aromatic nitrogens is 2. The van der Waals surface area contributed by atoms with Crippen LogP contribution < -0.4 is 5.32 Å². The van der Waals surface area contributed by atoms with Crippen LogP contribution in [0.4, 0.5) is 0 Å². The van der Waals surface area contributed by atoms with Crippen LogP contribution in [0.3, 0.4) is 0 Å². The van der Waals surface area contributed by atoms with Crippen molar-refractivity contribution in [3.8, 4) is 0 Å². The number of rotatable bonds is 3. The third kappa shape index (κ3) is 1.23. The lowest BCUT2D eigenvalue weighted by Crippen LogP contribution is -2.62. The third-order valence-corrected chi connectivity index (χ3v) is 9.49. The van der Waals surface area contributed by atoms with E-state index in [1.54, 1.807) is 11.3 Å². The molecular formula is C18H23N3O2S. The highest BCUT2D eigenvalue weighted by Gasteiger charge is 2.89. The van der Waals surface area contributed by atoms with E-state index in [1.807, 2.05) is 6.92 Å². The van der Waals surface area contributed by atoms with E-state index in [4.69, 9.17) is 9.47 Å². The number of aryl methyl sites for hydroxylation is 1. The summed E-state index contributed by atoms with van der Waals surface area (Å²) in [5.74, 6) is 6.32. The SMILES string of the molecule is Cc1nnc(C(C)NC2C3C4CC5C6C4C2C6C2(OCCO2)C53)s1. The molecule has 5 nitrogen and oxygen atoms in total. The quantitative estimate of drug-likeness (QED) is 0.908. The predicted molar refractivity (Wildman–Crippen MR) is 87.2 cm³/mol. The fraction of sp³-hybridized carbons (Fsp3) is 0.889. The summed E-state index contributed by atoms with van der Waals surface area (Å²) in [4.78, 5) is 0. The first kappa shape index (κ1) is 13.6. The monoisotopic (exact) mass is 345 g/mol. The molecule has 10 atom stereocenters. The first-order valence-corrected chi connectivity index (χ1v) is 10.4. The van der Waals surface area contributed by atoms with Gasteiger partial charge in [0.15, 0.2) is 5.79 Å². The zero-order valence-electron chi connectivity index (χ0n) is 14.0. The van der Waals surface area contributed by atoms with Crippen LogP contribution in [0.1, 0.15) is 29.4 Å². The van der Waals surface area contributed by atoms with E-state index in [2.05, 4.69) is 22.4 Å². The van der Waals surface area contributed by atoms with E-state index in [-0.39, 0.29) is 5.79 Å². The first-order valence-electron chi connectivity index (χ1n) is 9.54. The molecule has 0 radical (unpaired) electrons. The van der Waals surface area contributed by atoms with E-state index >= 15 is 0 Å². The molecule has 6 aliphatic rings. The fourth-order valence-electron chi connectivity index (χ4n) is 8.38. The van der Waals surface area contributed by atoms with Crippen molar-refractivity contribution in [3.63, 3.8) is 0 Å². The summed E-state index contributed by atoms with van der Waals surface area (Å²) < 4.78 is 12.7. The second-order valence-electron chi connectivity index (χ2n) is 8.92. The Bertz CT molecular complexity index is 732. The highest BCUT2D eigenvalue weighted by molar-refractivity contribution is 7.11. The summed E-state index contributed by atoms with van der Waals surface area (Å²) in [6, 6.07) is 0.939. The molecule has 6 heteroatoms. The minimum absolute atomic E-state index is 0.187. The van der Waals surface area contributed by atoms with Crippen molar-refractivity contribution in [1.29, 1.82) is 0 Å². The van der Waals surface area contributed by atoms with Gasteiger partial charge in [0.2, 0.25) is 0 Å². The third-order valence-electron chi connectivity index (χ3n) is 8.47. The standard InChI is InChI=1S/C18H23N3O2S/c1-6(17-21-20-7(2)24-17)19-16-12-8-5-9-11-10(8)13(16)15(11)18(14(9)12)22-3-4-23-18/h6,8-16,19H,3-5H2,1-2H3.